The highest BCUT2D eigenvalue weighted by atomic mass is 16.5. The zero-order valence-electron chi connectivity index (χ0n) is 9.30. The van der Waals surface area contributed by atoms with Crippen LogP contribution in [0.2, 0.25) is 0 Å². The molecule has 1 aliphatic rings. The van der Waals surface area contributed by atoms with Crippen LogP contribution in [0.5, 0.6) is 0 Å². The van der Waals surface area contributed by atoms with Crippen LogP contribution in [0.4, 0.5) is 4.79 Å². The van der Waals surface area contributed by atoms with E-state index in [0.717, 1.165) is 6.42 Å². The van der Waals surface area contributed by atoms with Gasteiger partial charge in [0.05, 0.1) is 13.2 Å². The summed E-state index contributed by atoms with van der Waals surface area (Å²) < 4.78 is 5.18. The summed E-state index contributed by atoms with van der Waals surface area (Å²) in [7, 11) is 0. The fraction of sp³-hybridized carbons (Fsp3) is 0.900. The highest BCUT2D eigenvalue weighted by Crippen LogP contribution is 2.08. The van der Waals surface area contributed by atoms with Crippen molar-refractivity contribution in [3.05, 3.63) is 0 Å². The zero-order valence-corrected chi connectivity index (χ0v) is 9.30. The van der Waals surface area contributed by atoms with Crippen LogP contribution in [-0.2, 0) is 4.74 Å². The third-order valence-corrected chi connectivity index (χ3v) is 2.63. The minimum Gasteiger partial charge on any atom is -0.378 e. The average molecular weight is 200 g/mol. The Bertz CT molecular complexity index is 198. The predicted octanol–water partition coefficient (Wildman–Crippen LogP) is 1.22. The quantitative estimate of drug-likeness (QED) is 0.728. The smallest absolute Gasteiger partial charge is 0.317 e. The van der Waals surface area contributed by atoms with E-state index >= 15 is 0 Å². The molecule has 1 saturated heterocycles. The lowest BCUT2D eigenvalue weighted by Gasteiger charge is -2.32. The van der Waals surface area contributed by atoms with Crippen molar-refractivity contribution in [3.63, 3.8) is 0 Å². The second kappa shape index (κ2) is 4.64. The van der Waals surface area contributed by atoms with Crippen molar-refractivity contribution in [3.8, 4) is 0 Å². The molecule has 82 valence electrons. The molecule has 2 amide bonds. The maximum atomic E-state index is 11.7. The molecule has 4 nitrogen and oxygen atoms in total. The van der Waals surface area contributed by atoms with Crippen molar-refractivity contribution in [2.75, 3.05) is 26.3 Å². The van der Waals surface area contributed by atoms with Gasteiger partial charge in [0.2, 0.25) is 0 Å². The predicted molar refractivity (Wildman–Crippen MR) is 55.3 cm³/mol. The molecule has 1 N–H and O–H groups in total. The van der Waals surface area contributed by atoms with Gasteiger partial charge in [-0.15, -0.1) is 0 Å². The van der Waals surface area contributed by atoms with Gasteiger partial charge in [0.15, 0.2) is 0 Å². The van der Waals surface area contributed by atoms with Crippen LogP contribution >= 0.6 is 0 Å². The molecule has 0 saturated carbocycles. The molecule has 0 aromatic rings. The minimum absolute atomic E-state index is 0.0279. The molecule has 1 fully saturated rings. The second-order valence-electron chi connectivity index (χ2n) is 4.27. The number of hydrogen-bond donors (Lipinski definition) is 1. The van der Waals surface area contributed by atoms with Crippen molar-refractivity contribution in [1.29, 1.82) is 0 Å². The van der Waals surface area contributed by atoms with Gasteiger partial charge in [-0.05, 0) is 20.3 Å². The SMILES string of the molecule is CCC(C)(C)NC(=O)N1CCOCC1. The summed E-state index contributed by atoms with van der Waals surface area (Å²) in [6.07, 6.45) is 0.934. The van der Waals surface area contributed by atoms with Crippen LogP contribution in [-0.4, -0.2) is 42.8 Å². The summed E-state index contributed by atoms with van der Waals surface area (Å²) in [5.74, 6) is 0. The van der Waals surface area contributed by atoms with E-state index in [0.29, 0.717) is 26.3 Å². The molecule has 0 atom stereocenters. The first kappa shape index (κ1) is 11.3. The monoisotopic (exact) mass is 200 g/mol. The molecule has 0 bridgehead atoms. The van der Waals surface area contributed by atoms with Gasteiger partial charge in [-0.3, -0.25) is 0 Å². The van der Waals surface area contributed by atoms with Crippen LogP contribution in [0, 0.1) is 0 Å². The van der Waals surface area contributed by atoms with Gasteiger partial charge in [-0.25, -0.2) is 4.79 Å². The Hall–Kier alpha value is -0.770. The molecule has 0 aromatic carbocycles. The first-order valence-electron chi connectivity index (χ1n) is 5.20. The number of hydrogen-bond acceptors (Lipinski definition) is 2. The lowest BCUT2D eigenvalue weighted by atomic mass is 10.0. The second-order valence-corrected chi connectivity index (χ2v) is 4.27. The summed E-state index contributed by atoms with van der Waals surface area (Å²) in [5.41, 5.74) is -0.116. The van der Waals surface area contributed by atoms with Crippen molar-refractivity contribution in [2.45, 2.75) is 32.7 Å². The van der Waals surface area contributed by atoms with Gasteiger partial charge in [0.25, 0.3) is 0 Å². The van der Waals surface area contributed by atoms with Gasteiger partial charge < -0.3 is 15.0 Å². The van der Waals surface area contributed by atoms with Gasteiger partial charge >= 0.3 is 6.03 Å². The van der Waals surface area contributed by atoms with E-state index in [1.807, 2.05) is 13.8 Å². The largest absolute Gasteiger partial charge is 0.378 e. The molecule has 0 aromatic heterocycles. The summed E-state index contributed by atoms with van der Waals surface area (Å²) in [6.45, 7) is 8.84. The third-order valence-electron chi connectivity index (χ3n) is 2.63. The van der Waals surface area contributed by atoms with Crippen molar-refractivity contribution >= 4 is 6.03 Å². The lowest BCUT2D eigenvalue weighted by molar-refractivity contribution is 0.0513. The van der Waals surface area contributed by atoms with Gasteiger partial charge in [0.1, 0.15) is 0 Å². The molecule has 1 aliphatic heterocycles. The topological polar surface area (TPSA) is 41.6 Å². The fourth-order valence-corrected chi connectivity index (χ4v) is 1.22. The summed E-state index contributed by atoms with van der Waals surface area (Å²) >= 11 is 0. The molecular formula is C10H20N2O2. The number of amides is 2. The van der Waals surface area contributed by atoms with Crippen molar-refractivity contribution in [2.24, 2.45) is 0 Å². The van der Waals surface area contributed by atoms with E-state index in [4.69, 9.17) is 4.74 Å². The number of carbonyl (C=O) groups is 1. The minimum atomic E-state index is -0.116. The van der Waals surface area contributed by atoms with Crippen molar-refractivity contribution in [1.82, 2.24) is 10.2 Å². The number of carbonyl (C=O) groups excluding carboxylic acids is 1. The Morgan fingerprint density at radius 2 is 2.00 bits per heavy atom. The number of ether oxygens (including phenoxy) is 1. The first-order chi connectivity index (χ1) is 6.55. The Morgan fingerprint density at radius 1 is 1.43 bits per heavy atom. The van der Waals surface area contributed by atoms with Crippen LogP contribution in [0.1, 0.15) is 27.2 Å². The number of nitrogens with one attached hydrogen (secondary N) is 1. The standard InChI is InChI=1S/C10H20N2O2/c1-4-10(2,3)11-9(13)12-5-7-14-8-6-12/h4-8H2,1-3H3,(H,11,13). The molecule has 0 aliphatic carbocycles. The number of nitrogens with zero attached hydrogens (tertiary/aromatic N) is 1. The highest BCUT2D eigenvalue weighted by Gasteiger charge is 2.23. The van der Waals surface area contributed by atoms with E-state index in [1.54, 1.807) is 4.90 Å². The molecule has 1 heterocycles. The molecule has 1 rings (SSSR count). The van der Waals surface area contributed by atoms with E-state index in [1.165, 1.54) is 0 Å². The first-order valence-corrected chi connectivity index (χ1v) is 5.20. The molecule has 14 heavy (non-hydrogen) atoms. The van der Waals surface area contributed by atoms with E-state index < -0.39 is 0 Å². The maximum Gasteiger partial charge on any atom is 0.317 e. The Kier molecular flexibility index (Phi) is 3.75. The molecular weight excluding hydrogens is 180 g/mol. The average Bonchev–Trinajstić information content (AvgIpc) is 2.19. The van der Waals surface area contributed by atoms with Crippen LogP contribution in [0.3, 0.4) is 0 Å². The molecule has 0 spiro atoms. The van der Waals surface area contributed by atoms with Gasteiger partial charge in [-0.2, -0.15) is 0 Å². The lowest BCUT2D eigenvalue weighted by Crippen LogP contribution is -2.52. The Balaban J connectivity index is 2.40. The van der Waals surface area contributed by atoms with E-state index in [-0.39, 0.29) is 11.6 Å². The zero-order chi connectivity index (χ0) is 10.6. The Labute approximate surface area is 85.6 Å². The van der Waals surface area contributed by atoms with Gasteiger partial charge in [-0.1, -0.05) is 6.92 Å². The van der Waals surface area contributed by atoms with Gasteiger partial charge in [0, 0.05) is 18.6 Å². The van der Waals surface area contributed by atoms with Crippen molar-refractivity contribution < 1.29 is 9.53 Å². The number of rotatable bonds is 2. The highest BCUT2D eigenvalue weighted by molar-refractivity contribution is 5.75. The normalized spacial score (nSPS) is 18.1. The summed E-state index contributed by atoms with van der Waals surface area (Å²) in [6, 6.07) is 0.0279. The maximum absolute atomic E-state index is 11.7. The van der Waals surface area contributed by atoms with Crippen LogP contribution in [0.25, 0.3) is 0 Å². The summed E-state index contributed by atoms with van der Waals surface area (Å²) in [4.78, 5) is 13.5. The molecule has 0 radical (unpaired) electrons. The molecule has 0 unspecified atom stereocenters. The van der Waals surface area contributed by atoms with E-state index in [9.17, 15) is 4.79 Å². The molecule has 4 heteroatoms. The van der Waals surface area contributed by atoms with Crippen LogP contribution in [0.15, 0.2) is 0 Å². The van der Waals surface area contributed by atoms with Crippen LogP contribution < -0.4 is 5.32 Å². The fourth-order valence-electron chi connectivity index (χ4n) is 1.22. The van der Waals surface area contributed by atoms with E-state index in [2.05, 4.69) is 12.2 Å². The number of urea groups is 1. The summed E-state index contributed by atoms with van der Waals surface area (Å²) in [5, 5.41) is 3.01. The Morgan fingerprint density at radius 3 is 2.50 bits per heavy atom. The number of morpholine rings is 1. The third kappa shape index (κ3) is 3.18.